The topological polar surface area (TPSA) is 64.4 Å². The van der Waals surface area contributed by atoms with Crippen LogP contribution in [0.1, 0.15) is 10.4 Å². The number of rotatable bonds is 6. The number of benzene rings is 1. The lowest BCUT2D eigenvalue weighted by atomic mass is 10.2. The predicted octanol–water partition coefficient (Wildman–Crippen LogP) is 3.41. The zero-order valence-electron chi connectivity index (χ0n) is 10.5. The second-order valence-corrected chi connectivity index (χ2v) is 4.96. The molecule has 0 radical (unpaired) electrons. The van der Waals surface area contributed by atoms with E-state index in [1.165, 1.54) is 6.07 Å². The number of ether oxygens (including phenoxy) is 1. The predicted molar refractivity (Wildman–Crippen MR) is 75.5 cm³/mol. The molecule has 100 valence electrons. The molecule has 1 aromatic carbocycles. The highest BCUT2D eigenvalue weighted by Gasteiger charge is 2.12. The average Bonchev–Trinajstić information content (AvgIpc) is 2.91. The van der Waals surface area contributed by atoms with Crippen molar-refractivity contribution in [2.75, 3.05) is 12.4 Å². The number of nitrogens with one attached hydrogen (secondary N) is 1. The van der Waals surface area contributed by atoms with Gasteiger partial charge in [0.05, 0.1) is 18.1 Å². The van der Waals surface area contributed by atoms with Gasteiger partial charge in [0.15, 0.2) is 0 Å². The van der Waals surface area contributed by atoms with Crippen LogP contribution < -0.4 is 5.32 Å². The summed E-state index contributed by atoms with van der Waals surface area (Å²) in [5.41, 5.74) is 1.48. The van der Waals surface area contributed by atoms with Gasteiger partial charge in [-0.2, -0.15) is 0 Å². The van der Waals surface area contributed by atoms with E-state index < -0.39 is 4.92 Å². The lowest BCUT2D eigenvalue weighted by Gasteiger charge is -2.06. The molecule has 2 aromatic rings. The quantitative estimate of drug-likeness (QED) is 0.649. The number of nitro benzene ring substituents is 1. The van der Waals surface area contributed by atoms with Crippen molar-refractivity contribution in [3.63, 3.8) is 0 Å². The molecular formula is C13H14N2O3S. The van der Waals surface area contributed by atoms with Crippen LogP contribution in [0.5, 0.6) is 0 Å². The Hall–Kier alpha value is -1.92. The number of anilines is 1. The van der Waals surface area contributed by atoms with Gasteiger partial charge in [0.2, 0.25) is 0 Å². The summed E-state index contributed by atoms with van der Waals surface area (Å²) in [6, 6.07) is 8.95. The van der Waals surface area contributed by atoms with Crippen molar-refractivity contribution in [1.82, 2.24) is 0 Å². The van der Waals surface area contributed by atoms with Crippen molar-refractivity contribution in [3.05, 3.63) is 56.3 Å². The first-order valence-corrected chi connectivity index (χ1v) is 6.64. The van der Waals surface area contributed by atoms with E-state index in [-0.39, 0.29) is 5.69 Å². The van der Waals surface area contributed by atoms with Gasteiger partial charge in [-0.25, -0.2) is 0 Å². The summed E-state index contributed by atoms with van der Waals surface area (Å²) < 4.78 is 5.58. The van der Waals surface area contributed by atoms with Crippen molar-refractivity contribution in [3.8, 4) is 0 Å². The maximum Gasteiger partial charge on any atom is 0.292 e. The van der Waals surface area contributed by atoms with E-state index in [2.05, 4.69) is 5.32 Å². The number of nitro groups is 1. The number of hydrogen-bond acceptors (Lipinski definition) is 5. The first-order chi connectivity index (χ1) is 9.20. The molecular weight excluding hydrogens is 264 g/mol. The largest absolute Gasteiger partial charge is 0.383 e. The van der Waals surface area contributed by atoms with Gasteiger partial charge in [-0.15, -0.1) is 11.3 Å². The van der Waals surface area contributed by atoms with Gasteiger partial charge in [0, 0.05) is 18.0 Å². The van der Waals surface area contributed by atoms with Crippen LogP contribution in [0.3, 0.4) is 0 Å². The number of nitrogens with zero attached hydrogens (tertiary/aromatic N) is 1. The number of hydrogen-bond donors (Lipinski definition) is 1. The summed E-state index contributed by atoms with van der Waals surface area (Å²) in [5, 5.41) is 15.6. The zero-order chi connectivity index (χ0) is 13.7. The first kappa shape index (κ1) is 13.5. The van der Waals surface area contributed by atoms with E-state index in [0.29, 0.717) is 18.9 Å². The molecule has 0 saturated heterocycles. The van der Waals surface area contributed by atoms with E-state index in [9.17, 15) is 10.1 Å². The summed E-state index contributed by atoms with van der Waals surface area (Å²) in [7, 11) is 1.67. The third-order valence-electron chi connectivity index (χ3n) is 2.62. The summed E-state index contributed by atoms with van der Waals surface area (Å²) in [6.45, 7) is 0.994. The minimum Gasteiger partial charge on any atom is -0.383 e. The Morgan fingerprint density at radius 1 is 1.37 bits per heavy atom. The van der Waals surface area contributed by atoms with Crippen LogP contribution in [0.15, 0.2) is 35.7 Å². The molecule has 1 heterocycles. The summed E-state index contributed by atoms with van der Waals surface area (Å²) in [6.07, 6.45) is 0. The van der Waals surface area contributed by atoms with Gasteiger partial charge in [-0.1, -0.05) is 6.07 Å². The lowest BCUT2D eigenvalue weighted by molar-refractivity contribution is -0.384. The van der Waals surface area contributed by atoms with Crippen LogP contribution in [0.25, 0.3) is 0 Å². The summed E-state index contributed by atoms with van der Waals surface area (Å²) >= 11 is 1.65. The van der Waals surface area contributed by atoms with Crippen LogP contribution in [0.2, 0.25) is 0 Å². The standard InChI is InChI=1S/C13H14N2O3S/c1-14-12-7-10(4-5-13(12)15(16)17)8-18-9-11-3-2-6-19-11/h2-7,14H,8-9H2,1H3. The van der Waals surface area contributed by atoms with Gasteiger partial charge in [-0.05, 0) is 29.1 Å². The van der Waals surface area contributed by atoms with Crippen molar-refractivity contribution in [1.29, 1.82) is 0 Å². The Morgan fingerprint density at radius 2 is 2.21 bits per heavy atom. The minimum atomic E-state index is -0.401. The molecule has 0 bridgehead atoms. The molecule has 5 nitrogen and oxygen atoms in total. The molecule has 0 saturated carbocycles. The van der Waals surface area contributed by atoms with Crippen molar-refractivity contribution >= 4 is 22.7 Å². The average molecular weight is 278 g/mol. The molecule has 0 aliphatic carbocycles. The summed E-state index contributed by atoms with van der Waals surface area (Å²) in [5.74, 6) is 0. The molecule has 1 N–H and O–H groups in total. The fourth-order valence-corrected chi connectivity index (χ4v) is 2.34. The molecule has 19 heavy (non-hydrogen) atoms. The molecule has 0 spiro atoms. The van der Waals surface area contributed by atoms with Crippen LogP contribution in [0.4, 0.5) is 11.4 Å². The van der Waals surface area contributed by atoms with E-state index in [1.807, 2.05) is 17.5 Å². The van der Waals surface area contributed by atoms with Gasteiger partial charge >= 0.3 is 0 Å². The minimum absolute atomic E-state index is 0.0736. The van der Waals surface area contributed by atoms with Gasteiger partial charge < -0.3 is 10.1 Å². The van der Waals surface area contributed by atoms with E-state index in [4.69, 9.17) is 4.74 Å². The van der Waals surface area contributed by atoms with Crippen LogP contribution in [-0.4, -0.2) is 12.0 Å². The molecule has 2 rings (SSSR count). The van der Waals surface area contributed by atoms with Gasteiger partial charge in [0.25, 0.3) is 5.69 Å². The SMILES string of the molecule is CNc1cc(COCc2cccs2)ccc1[N+](=O)[O-]. The smallest absolute Gasteiger partial charge is 0.292 e. The fourth-order valence-electron chi connectivity index (χ4n) is 1.70. The normalized spacial score (nSPS) is 10.4. The van der Waals surface area contributed by atoms with Crippen LogP contribution >= 0.6 is 11.3 Å². The molecule has 1 aromatic heterocycles. The van der Waals surface area contributed by atoms with Crippen molar-refractivity contribution in [2.24, 2.45) is 0 Å². The van der Waals surface area contributed by atoms with E-state index in [0.717, 1.165) is 10.4 Å². The van der Waals surface area contributed by atoms with Crippen molar-refractivity contribution < 1.29 is 9.66 Å². The van der Waals surface area contributed by atoms with E-state index in [1.54, 1.807) is 30.5 Å². The highest BCUT2D eigenvalue weighted by Crippen LogP contribution is 2.25. The number of thiophene rings is 1. The highest BCUT2D eigenvalue weighted by molar-refractivity contribution is 7.09. The Kier molecular flexibility index (Phi) is 4.48. The van der Waals surface area contributed by atoms with Crippen molar-refractivity contribution in [2.45, 2.75) is 13.2 Å². The molecule has 0 atom stereocenters. The van der Waals surface area contributed by atoms with E-state index >= 15 is 0 Å². The molecule has 0 amide bonds. The maximum atomic E-state index is 10.8. The third kappa shape index (κ3) is 3.52. The Bertz CT molecular complexity index is 555. The van der Waals surface area contributed by atoms with Gasteiger partial charge in [-0.3, -0.25) is 10.1 Å². The van der Waals surface area contributed by atoms with Crippen LogP contribution in [-0.2, 0) is 18.0 Å². The molecule has 0 fully saturated rings. The Balaban J connectivity index is 1.99. The van der Waals surface area contributed by atoms with Gasteiger partial charge in [0.1, 0.15) is 5.69 Å². The zero-order valence-corrected chi connectivity index (χ0v) is 11.3. The third-order valence-corrected chi connectivity index (χ3v) is 3.47. The monoisotopic (exact) mass is 278 g/mol. The maximum absolute atomic E-state index is 10.8. The lowest BCUT2D eigenvalue weighted by Crippen LogP contribution is -1.99. The van der Waals surface area contributed by atoms with Crippen LogP contribution in [0, 0.1) is 10.1 Å². The Labute approximate surface area is 115 Å². The second kappa shape index (κ2) is 6.31. The molecule has 0 aliphatic rings. The second-order valence-electron chi connectivity index (χ2n) is 3.93. The highest BCUT2D eigenvalue weighted by atomic mass is 32.1. The molecule has 0 unspecified atom stereocenters. The molecule has 0 aliphatic heterocycles. The fraction of sp³-hybridized carbons (Fsp3) is 0.231. The Morgan fingerprint density at radius 3 is 2.84 bits per heavy atom. The first-order valence-electron chi connectivity index (χ1n) is 5.76. The summed E-state index contributed by atoms with van der Waals surface area (Å²) in [4.78, 5) is 11.6. The molecule has 6 heteroatoms.